The summed E-state index contributed by atoms with van der Waals surface area (Å²) in [6.45, 7) is 0. The summed E-state index contributed by atoms with van der Waals surface area (Å²) in [7, 11) is -7.34. The van der Waals surface area contributed by atoms with Crippen molar-refractivity contribution < 1.29 is 16.8 Å². The van der Waals surface area contributed by atoms with Gasteiger partial charge in [0, 0.05) is 51.1 Å². The number of benzene rings is 5. The van der Waals surface area contributed by atoms with Crippen molar-refractivity contribution in [2.24, 2.45) is 0 Å². The van der Waals surface area contributed by atoms with Crippen LogP contribution in [0.25, 0.3) is 44.1 Å². The minimum Gasteiger partial charge on any atom is -0.399 e. The number of pyridine rings is 2. The predicted octanol–water partition coefficient (Wildman–Crippen LogP) is 9.28. The van der Waals surface area contributed by atoms with Gasteiger partial charge in [-0.2, -0.15) is 0 Å². The van der Waals surface area contributed by atoms with Crippen LogP contribution in [0.3, 0.4) is 0 Å². The molecule has 9 rings (SSSR count). The van der Waals surface area contributed by atoms with Crippen molar-refractivity contribution in [2.75, 3.05) is 15.2 Å². The normalized spacial score (nSPS) is 14.2. The number of hydrogen-bond acceptors (Lipinski definition) is 7. The van der Waals surface area contributed by atoms with E-state index in [9.17, 15) is 16.8 Å². The topological polar surface area (TPSA) is 144 Å². The van der Waals surface area contributed by atoms with E-state index < -0.39 is 20.0 Å². The summed E-state index contributed by atoms with van der Waals surface area (Å²) < 4.78 is 56.0. The Hall–Kier alpha value is -4.72. The van der Waals surface area contributed by atoms with Gasteiger partial charge in [-0.15, -0.1) is 17.0 Å². The molecule has 5 aromatic carbocycles. The largest absolute Gasteiger partial charge is 0.399 e. The number of fused-ring (bicyclic) bond motifs is 10. The van der Waals surface area contributed by atoms with Crippen LogP contribution in [-0.2, 0) is 32.9 Å². The lowest BCUT2D eigenvalue weighted by molar-refractivity contribution is 0.599. The molecule has 0 radical (unpaired) electrons. The van der Waals surface area contributed by atoms with E-state index in [4.69, 9.17) is 28.9 Å². The van der Waals surface area contributed by atoms with Crippen LogP contribution >= 0.6 is 40.2 Å². The third-order valence-electron chi connectivity index (χ3n) is 8.91. The van der Waals surface area contributed by atoms with Gasteiger partial charge in [-0.3, -0.25) is 19.4 Å². The lowest BCUT2D eigenvalue weighted by atomic mass is 9.96. The van der Waals surface area contributed by atoms with E-state index in [1.165, 1.54) is 11.6 Å². The summed E-state index contributed by atoms with van der Waals surface area (Å²) in [5.41, 5.74) is 13.2. The van der Waals surface area contributed by atoms with Crippen LogP contribution in [-0.4, -0.2) is 26.8 Å². The third kappa shape index (κ3) is 6.35. The molecule has 14 heteroatoms. The Bertz CT molecular complexity index is 2790. The molecular formula is C38H28BrCl2N5O4S2. The molecule has 4 N–H and O–H groups in total. The molecule has 0 atom stereocenters. The maximum absolute atomic E-state index is 12.9. The van der Waals surface area contributed by atoms with E-state index in [1.807, 2.05) is 42.5 Å². The highest BCUT2D eigenvalue weighted by Gasteiger charge is 2.31. The predicted molar refractivity (Wildman–Crippen MR) is 215 cm³/mol. The Morgan fingerprint density at radius 2 is 1.06 bits per heavy atom. The van der Waals surface area contributed by atoms with E-state index in [1.54, 1.807) is 54.9 Å². The molecule has 4 heterocycles. The quantitative estimate of drug-likeness (QED) is 0.151. The van der Waals surface area contributed by atoms with Gasteiger partial charge in [0.2, 0.25) is 0 Å². The maximum Gasteiger partial charge on any atom is 0.262 e. The Morgan fingerprint density at radius 1 is 0.558 bits per heavy atom. The molecule has 2 aromatic heterocycles. The SMILES string of the molecule is Br.Nc1ccc2c(c1)-c1cc(Cl)c3cccnc3c1NS2(=O)=O.O=S1(=O)Nc2c(cc(Cl)c3cccnc23)-c2cc(CCc3ccccc3)ccc21. The monoisotopic (exact) mass is 831 g/mol. The van der Waals surface area contributed by atoms with Crippen LogP contribution in [0.5, 0.6) is 0 Å². The highest BCUT2D eigenvalue weighted by molar-refractivity contribution is 8.93. The molecular weight excluding hydrogens is 805 g/mol. The lowest BCUT2D eigenvalue weighted by Crippen LogP contribution is -2.19. The first kappa shape index (κ1) is 35.7. The number of nitrogens with two attached hydrogens (primary N) is 1. The molecule has 0 fully saturated rings. The summed E-state index contributed by atoms with van der Waals surface area (Å²) in [5.74, 6) is 0. The van der Waals surface area contributed by atoms with Gasteiger partial charge < -0.3 is 5.73 Å². The number of rotatable bonds is 3. The summed E-state index contributed by atoms with van der Waals surface area (Å²) >= 11 is 12.8. The maximum atomic E-state index is 12.9. The second-order valence-corrected chi connectivity index (χ2v) is 16.3. The molecule has 0 spiro atoms. The first-order chi connectivity index (χ1) is 24.5. The first-order valence-electron chi connectivity index (χ1n) is 15.8. The second kappa shape index (κ2) is 13.7. The van der Waals surface area contributed by atoms with Crippen LogP contribution in [0, 0.1) is 0 Å². The number of halogens is 3. The van der Waals surface area contributed by atoms with Crippen molar-refractivity contribution in [1.29, 1.82) is 0 Å². The molecule has 0 bridgehead atoms. The van der Waals surface area contributed by atoms with E-state index in [0.29, 0.717) is 60.2 Å². The van der Waals surface area contributed by atoms with Crippen LogP contribution in [0.1, 0.15) is 11.1 Å². The second-order valence-electron chi connectivity index (χ2n) is 12.1. The van der Waals surface area contributed by atoms with Gasteiger partial charge in [0.1, 0.15) is 0 Å². The molecule has 9 nitrogen and oxygen atoms in total. The molecule has 0 saturated carbocycles. The third-order valence-corrected chi connectivity index (χ3v) is 12.4. The molecule has 0 saturated heterocycles. The fraction of sp³-hybridized carbons (Fsp3) is 0.0526. The van der Waals surface area contributed by atoms with Crippen molar-refractivity contribution in [3.63, 3.8) is 0 Å². The number of nitrogens with zero attached hydrogens (tertiary/aromatic N) is 2. The molecule has 0 amide bonds. The fourth-order valence-electron chi connectivity index (χ4n) is 6.52. The molecule has 2 aliphatic heterocycles. The summed E-state index contributed by atoms with van der Waals surface area (Å²) in [5, 5.41) is 2.47. The summed E-state index contributed by atoms with van der Waals surface area (Å²) in [6.07, 6.45) is 4.94. The van der Waals surface area contributed by atoms with Crippen molar-refractivity contribution in [1.82, 2.24) is 9.97 Å². The van der Waals surface area contributed by atoms with Crippen LogP contribution in [0.4, 0.5) is 17.1 Å². The van der Waals surface area contributed by atoms with Crippen LogP contribution in [0.2, 0.25) is 10.0 Å². The van der Waals surface area contributed by atoms with E-state index >= 15 is 0 Å². The van der Waals surface area contributed by atoms with Crippen molar-refractivity contribution in [3.05, 3.63) is 137 Å². The zero-order chi connectivity index (χ0) is 35.5. The fourth-order valence-corrected chi connectivity index (χ4v) is 9.62. The number of aryl methyl sites for hydroxylation is 2. The standard InChI is InChI=1S/C23H17ClN2O2S.C15H10ClN3O2S.BrH/c24-20-14-19-18-13-16(9-8-15-5-2-1-3-6-15)10-11-21(18)29(27,28)26-23(19)22-17(20)7-4-12-25-22;16-12-7-11-10-6-8(17)3-4-13(10)22(20,21)19-15(11)14-9(12)2-1-5-18-14;/h1-7,10-14,26H,8-9H2;1-7,19H,17H2;1H. The Labute approximate surface area is 320 Å². The molecule has 2 aliphatic rings. The number of hydrogen-bond donors (Lipinski definition) is 3. The summed E-state index contributed by atoms with van der Waals surface area (Å²) in [6, 6.07) is 31.2. The van der Waals surface area contributed by atoms with Crippen LogP contribution in [0.15, 0.2) is 125 Å². The van der Waals surface area contributed by atoms with Gasteiger partial charge in [0.15, 0.2) is 0 Å². The van der Waals surface area contributed by atoms with Gasteiger partial charge in [-0.1, -0.05) is 59.6 Å². The number of nitrogen functional groups attached to an aromatic ring is 1. The Morgan fingerprint density at radius 3 is 1.62 bits per heavy atom. The number of anilines is 3. The number of nitrogens with one attached hydrogen (secondary N) is 2. The zero-order valence-corrected chi connectivity index (χ0v) is 31.8. The van der Waals surface area contributed by atoms with E-state index in [-0.39, 0.29) is 26.8 Å². The average molecular weight is 834 g/mol. The highest BCUT2D eigenvalue weighted by Crippen LogP contribution is 2.46. The number of sulfonamides is 2. The molecule has 262 valence electrons. The minimum absolute atomic E-state index is 0. The molecule has 0 aliphatic carbocycles. The Balaban J connectivity index is 0.000000164. The smallest absolute Gasteiger partial charge is 0.262 e. The number of aromatic nitrogens is 2. The van der Waals surface area contributed by atoms with E-state index in [2.05, 4.69) is 31.5 Å². The van der Waals surface area contributed by atoms with Gasteiger partial charge in [0.25, 0.3) is 20.0 Å². The molecule has 0 unspecified atom stereocenters. The minimum atomic E-state index is -3.68. The van der Waals surface area contributed by atoms with Gasteiger partial charge in [-0.25, -0.2) is 16.8 Å². The van der Waals surface area contributed by atoms with Crippen LogP contribution < -0.4 is 15.2 Å². The molecule has 52 heavy (non-hydrogen) atoms. The zero-order valence-electron chi connectivity index (χ0n) is 27.0. The lowest BCUT2D eigenvalue weighted by Gasteiger charge is -2.23. The average Bonchev–Trinajstić information content (AvgIpc) is 3.13. The summed E-state index contributed by atoms with van der Waals surface area (Å²) in [4.78, 5) is 9.10. The molecule has 7 aromatic rings. The van der Waals surface area contributed by atoms with Crippen molar-refractivity contribution in [2.45, 2.75) is 22.6 Å². The van der Waals surface area contributed by atoms with Crippen molar-refractivity contribution >= 4 is 99.1 Å². The van der Waals surface area contributed by atoms with Crippen molar-refractivity contribution in [3.8, 4) is 22.3 Å². The van der Waals surface area contributed by atoms with Gasteiger partial charge in [0.05, 0.1) is 42.2 Å². The van der Waals surface area contributed by atoms with Gasteiger partial charge in [-0.05, 0) is 90.7 Å². The first-order valence-corrected chi connectivity index (χ1v) is 19.5. The van der Waals surface area contributed by atoms with E-state index in [0.717, 1.165) is 29.4 Å². The Kier molecular flexibility index (Phi) is 9.39. The van der Waals surface area contributed by atoms with Gasteiger partial charge >= 0.3 is 0 Å². The highest BCUT2D eigenvalue weighted by atomic mass is 79.9.